The van der Waals surface area contributed by atoms with E-state index in [-0.39, 0.29) is 53.4 Å². The smallest absolute Gasteiger partial charge is 0.248 e. The van der Waals surface area contributed by atoms with E-state index in [0.29, 0.717) is 18.6 Å². The molecule has 0 radical (unpaired) electrons. The molecule has 0 aliphatic carbocycles. The molecule has 0 unspecified atom stereocenters. The van der Waals surface area contributed by atoms with Gasteiger partial charge < -0.3 is 14.3 Å². The maximum atomic E-state index is 13.9. The SMILES string of the molecule is Cc1noc(/C=C/c2ccc(F)cc2F)c1S(=O)(=O)N1CCC(C(=O)NCc2ccco2)CC1. The molecule has 1 aliphatic heterocycles. The van der Waals surface area contributed by atoms with E-state index in [1.807, 2.05) is 0 Å². The molecular formula is C23H23F2N3O5S. The van der Waals surface area contributed by atoms with Crippen LogP contribution in [0.2, 0.25) is 0 Å². The Morgan fingerprint density at radius 1 is 1.24 bits per heavy atom. The first kappa shape index (κ1) is 23.8. The number of carbonyl (C=O) groups excluding carboxylic acids is 1. The number of amides is 1. The summed E-state index contributed by atoms with van der Waals surface area (Å²) in [7, 11) is -3.97. The molecule has 0 atom stereocenters. The van der Waals surface area contributed by atoms with Crippen LogP contribution >= 0.6 is 0 Å². The van der Waals surface area contributed by atoms with E-state index in [1.165, 1.54) is 35.7 Å². The van der Waals surface area contributed by atoms with Crippen molar-refractivity contribution in [1.82, 2.24) is 14.8 Å². The summed E-state index contributed by atoms with van der Waals surface area (Å²) in [5.41, 5.74) is 0.234. The van der Waals surface area contributed by atoms with Crippen molar-refractivity contribution in [2.24, 2.45) is 5.92 Å². The van der Waals surface area contributed by atoms with E-state index in [2.05, 4.69) is 10.5 Å². The van der Waals surface area contributed by atoms with Crippen LogP contribution in [0.4, 0.5) is 8.78 Å². The molecule has 2 aromatic heterocycles. The van der Waals surface area contributed by atoms with Crippen molar-refractivity contribution in [1.29, 1.82) is 0 Å². The summed E-state index contributed by atoms with van der Waals surface area (Å²) in [5.74, 6) is -1.39. The van der Waals surface area contributed by atoms with Gasteiger partial charge in [0.05, 0.1) is 12.8 Å². The van der Waals surface area contributed by atoms with Crippen LogP contribution in [0.3, 0.4) is 0 Å². The first-order chi connectivity index (χ1) is 16.3. The highest BCUT2D eigenvalue weighted by Gasteiger charge is 2.35. The molecule has 0 bridgehead atoms. The molecule has 3 aromatic rings. The van der Waals surface area contributed by atoms with Crippen LogP contribution in [0.15, 0.2) is 50.4 Å². The third kappa shape index (κ3) is 5.10. The second-order valence-electron chi connectivity index (χ2n) is 7.94. The molecule has 1 saturated heterocycles. The van der Waals surface area contributed by atoms with Crippen molar-refractivity contribution < 1.29 is 30.9 Å². The standard InChI is InChI=1S/C23H23F2N3O5S/c1-15-22(21(33-27-15)7-5-16-4-6-18(24)13-20(16)25)34(30,31)28-10-8-17(9-11-28)23(29)26-14-19-3-2-12-32-19/h2-7,12-13,17H,8-11,14H2,1H3,(H,26,29)/b7-5+. The largest absolute Gasteiger partial charge is 0.467 e. The number of hydrogen-bond donors (Lipinski definition) is 1. The molecule has 180 valence electrons. The predicted octanol–water partition coefficient (Wildman–Crippen LogP) is 3.74. The molecule has 8 nitrogen and oxygen atoms in total. The van der Waals surface area contributed by atoms with E-state index in [9.17, 15) is 22.0 Å². The van der Waals surface area contributed by atoms with Gasteiger partial charge in [-0.3, -0.25) is 4.79 Å². The summed E-state index contributed by atoms with van der Waals surface area (Å²) in [4.78, 5) is 12.3. The van der Waals surface area contributed by atoms with Crippen LogP contribution in [0.1, 0.15) is 35.6 Å². The number of nitrogens with zero attached hydrogens (tertiary/aromatic N) is 2. The van der Waals surface area contributed by atoms with Crippen molar-refractivity contribution in [2.45, 2.75) is 31.2 Å². The molecule has 1 fully saturated rings. The van der Waals surface area contributed by atoms with E-state index < -0.39 is 21.7 Å². The summed E-state index contributed by atoms with van der Waals surface area (Å²) in [6, 6.07) is 6.56. The fourth-order valence-electron chi connectivity index (χ4n) is 3.82. The Morgan fingerprint density at radius 3 is 2.68 bits per heavy atom. The summed E-state index contributed by atoms with van der Waals surface area (Å²) in [6.07, 6.45) is 4.83. The Kier molecular flexibility index (Phi) is 6.94. The molecule has 4 rings (SSSR count). The van der Waals surface area contributed by atoms with E-state index in [1.54, 1.807) is 12.1 Å². The Balaban J connectivity index is 1.44. The molecule has 1 aliphatic rings. The van der Waals surface area contributed by atoms with Gasteiger partial charge in [0, 0.05) is 30.6 Å². The Morgan fingerprint density at radius 2 is 2.00 bits per heavy atom. The minimum Gasteiger partial charge on any atom is -0.467 e. The second kappa shape index (κ2) is 9.90. The number of rotatable bonds is 7. The lowest BCUT2D eigenvalue weighted by Crippen LogP contribution is -2.43. The summed E-state index contributed by atoms with van der Waals surface area (Å²) >= 11 is 0. The highest BCUT2D eigenvalue weighted by Crippen LogP contribution is 2.29. The lowest BCUT2D eigenvalue weighted by molar-refractivity contribution is -0.126. The number of sulfonamides is 1. The van der Waals surface area contributed by atoms with E-state index >= 15 is 0 Å². The van der Waals surface area contributed by atoms with Crippen LogP contribution in [0.5, 0.6) is 0 Å². The van der Waals surface area contributed by atoms with Gasteiger partial charge in [-0.05, 0) is 56.2 Å². The first-order valence-corrected chi connectivity index (χ1v) is 12.1. The zero-order valence-electron chi connectivity index (χ0n) is 18.3. The van der Waals surface area contributed by atoms with Gasteiger partial charge in [-0.1, -0.05) is 5.16 Å². The van der Waals surface area contributed by atoms with Crippen LogP contribution in [0, 0.1) is 24.5 Å². The van der Waals surface area contributed by atoms with Crippen molar-refractivity contribution in [2.75, 3.05) is 13.1 Å². The zero-order chi connectivity index (χ0) is 24.3. The van der Waals surface area contributed by atoms with E-state index in [4.69, 9.17) is 8.94 Å². The molecule has 3 heterocycles. The Bertz CT molecular complexity index is 1290. The lowest BCUT2D eigenvalue weighted by Gasteiger charge is -2.30. The van der Waals surface area contributed by atoms with Gasteiger partial charge in [-0.15, -0.1) is 0 Å². The number of aryl methyl sites for hydroxylation is 1. The van der Waals surface area contributed by atoms with Crippen molar-refractivity contribution >= 4 is 28.1 Å². The second-order valence-corrected chi connectivity index (χ2v) is 9.81. The number of furan rings is 1. The monoisotopic (exact) mass is 491 g/mol. The number of nitrogens with one attached hydrogen (secondary N) is 1. The first-order valence-electron chi connectivity index (χ1n) is 10.7. The van der Waals surface area contributed by atoms with Gasteiger partial charge in [0.2, 0.25) is 15.9 Å². The van der Waals surface area contributed by atoms with Gasteiger partial charge in [-0.2, -0.15) is 4.31 Å². The number of halogens is 2. The predicted molar refractivity (Wildman–Crippen MR) is 119 cm³/mol. The average Bonchev–Trinajstić information content (AvgIpc) is 3.47. The van der Waals surface area contributed by atoms with Crippen LogP contribution in [-0.2, 0) is 21.4 Å². The zero-order valence-corrected chi connectivity index (χ0v) is 19.1. The highest BCUT2D eigenvalue weighted by molar-refractivity contribution is 7.89. The van der Waals surface area contributed by atoms with Gasteiger partial charge in [-0.25, -0.2) is 17.2 Å². The van der Waals surface area contributed by atoms with Crippen molar-refractivity contribution in [3.8, 4) is 0 Å². The number of piperidine rings is 1. The van der Waals surface area contributed by atoms with Crippen LogP contribution in [0.25, 0.3) is 12.2 Å². The molecular weight excluding hydrogens is 468 g/mol. The number of aromatic nitrogens is 1. The van der Waals surface area contributed by atoms with Crippen molar-refractivity contribution in [3.05, 3.63) is 71.0 Å². The van der Waals surface area contributed by atoms with Crippen molar-refractivity contribution in [3.63, 3.8) is 0 Å². The van der Waals surface area contributed by atoms with Gasteiger partial charge in [0.15, 0.2) is 10.7 Å². The summed E-state index contributed by atoms with van der Waals surface area (Å²) < 4.78 is 65.3. The average molecular weight is 492 g/mol. The fraction of sp³-hybridized carbons (Fsp3) is 0.304. The molecule has 0 saturated carbocycles. The van der Waals surface area contributed by atoms with Gasteiger partial charge >= 0.3 is 0 Å². The van der Waals surface area contributed by atoms with Gasteiger partial charge in [0.1, 0.15) is 23.1 Å². The molecule has 34 heavy (non-hydrogen) atoms. The molecule has 11 heteroatoms. The summed E-state index contributed by atoms with van der Waals surface area (Å²) in [6.45, 7) is 2.08. The maximum Gasteiger partial charge on any atom is 0.248 e. The molecule has 1 amide bonds. The van der Waals surface area contributed by atoms with E-state index in [0.717, 1.165) is 12.1 Å². The Hall–Kier alpha value is -3.31. The number of carbonyl (C=O) groups is 1. The highest BCUT2D eigenvalue weighted by atomic mass is 32.2. The fourth-order valence-corrected chi connectivity index (χ4v) is 5.54. The quantitative estimate of drug-likeness (QED) is 0.540. The van der Waals surface area contributed by atoms with Crippen LogP contribution in [-0.4, -0.2) is 36.9 Å². The number of benzene rings is 1. The maximum absolute atomic E-state index is 13.9. The number of hydrogen-bond acceptors (Lipinski definition) is 6. The van der Waals surface area contributed by atoms with Crippen LogP contribution < -0.4 is 5.32 Å². The third-order valence-electron chi connectivity index (χ3n) is 5.65. The summed E-state index contributed by atoms with van der Waals surface area (Å²) in [5, 5.41) is 6.57. The molecule has 1 N–H and O–H groups in total. The Labute approximate surface area is 195 Å². The third-order valence-corrected chi connectivity index (χ3v) is 7.71. The van der Waals surface area contributed by atoms with Gasteiger partial charge in [0.25, 0.3) is 0 Å². The minimum absolute atomic E-state index is 0.0560. The normalized spacial score (nSPS) is 15.7. The minimum atomic E-state index is -3.97. The molecule has 0 spiro atoms. The topological polar surface area (TPSA) is 106 Å². The molecule has 1 aromatic carbocycles. The lowest BCUT2D eigenvalue weighted by atomic mass is 9.97.